The number of carboxylic acids is 1. The van der Waals surface area contributed by atoms with Gasteiger partial charge < -0.3 is 15.7 Å². The molecule has 2 aromatic carbocycles. The van der Waals surface area contributed by atoms with Gasteiger partial charge in [0.25, 0.3) is 0 Å². The number of aliphatic carboxylic acids is 1. The van der Waals surface area contributed by atoms with Crippen molar-refractivity contribution >= 4 is 73.2 Å². The predicted octanol–water partition coefficient (Wildman–Crippen LogP) is 7.62. The fraction of sp³-hybridized carbons (Fsp3) is 0.367. The summed E-state index contributed by atoms with van der Waals surface area (Å²) in [6.07, 6.45) is -0.500. The molecule has 1 aliphatic rings. The van der Waals surface area contributed by atoms with Gasteiger partial charge in [-0.25, -0.2) is 27.3 Å². The number of fused-ring (bicyclic) bond motifs is 1. The standard InChI is InChI=1S/C28H30Cl2FN5O2S2.C2HF3O2/c29-25-15-24(26(30)39-25)40(37,38)34-17-20-7-5-19(6-8-20)16-33-28-35-23-4-2-1-3-22(23)27(36-28)32-14-13-18-9-11-21(31)12-10-18;3-2(4,5)1(6)7/h1-4,9-12,15,19-20,34H,5-8,13-14,16-17H2,(H2,32,33,35,36);(H,6,7). The molecular formula is C30H31Cl2F4N5O4S2. The molecule has 0 spiro atoms. The highest BCUT2D eigenvalue weighted by Gasteiger charge is 2.38. The molecule has 17 heteroatoms. The maximum Gasteiger partial charge on any atom is 0.490 e. The topological polar surface area (TPSA) is 133 Å². The largest absolute Gasteiger partial charge is 0.490 e. The second-order valence-corrected chi connectivity index (χ2v) is 14.8. The lowest BCUT2D eigenvalue weighted by Gasteiger charge is -2.28. The minimum atomic E-state index is -5.08. The van der Waals surface area contributed by atoms with Gasteiger partial charge in [-0.1, -0.05) is 47.5 Å². The molecule has 2 heterocycles. The number of halogens is 6. The molecule has 47 heavy (non-hydrogen) atoms. The zero-order valence-electron chi connectivity index (χ0n) is 24.7. The number of para-hydroxylation sites is 1. The Morgan fingerprint density at radius 3 is 2.17 bits per heavy atom. The Morgan fingerprint density at radius 2 is 1.57 bits per heavy atom. The number of aromatic nitrogens is 2. The minimum Gasteiger partial charge on any atom is -0.475 e. The van der Waals surface area contributed by atoms with Gasteiger partial charge in [-0.2, -0.15) is 18.2 Å². The van der Waals surface area contributed by atoms with Crippen LogP contribution >= 0.6 is 34.5 Å². The zero-order valence-corrected chi connectivity index (χ0v) is 27.8. The molecule has 0 bridgehead atoms. The average molecular weight is 737 g/mol. The van der Waals surface area contributed by atoms with E-state index < -0.39 is 22.2 Å². The van der Waals surface area contributed by atoms with Gasteiger partial charge in [-0.3, -0.25) is 0 Å². The van der Waals surface area contributed by atoms with E-state index in [1.807, 2.05) is 24.3 Å². The molecule has 4 aromatic rings. The van der Waals surface area contributed by atoms with Crippen LogP contribution in [0.5, 0.6) is 0 Å². The number of hydrogen-bond acceptors (Lipinski definition) is 8. The van der Waals surface area contributed by atoms with Crippen LogP contribution in [0.25, 0.3) is 10.9 Å². The van der Waals surface area contributed by atoms with Crippen molar-refractivity contribution in [2.45, 2.75) is 43.2 Å². The van der Waals surface area contributed by atoms with E-state index in [9.17, 15) is 26.0 Å². The van der Waals surface area contributed by atoms with E-state index >= 15 is 0 Å². The highest BCUT2D eigenvalue weighted by Crippen LogP contribution is 2.35. The molecule has 1 aliphatic carbocycles. The summed E-state index contributed by atoms with van der Waals surface area (Å²) in [5, 5.41) is 14.9. The molecule has 4 N–H and O–H groups in total. The first-order valence-electron chi connectivity index (χ1n) is 14.4. The Balaban J connectivity index is 0.000000644. The number of hydrogen-bond donors (Lipinski definition) is 4. The minimum absolute atomic E-state index is 0.0433. The highest BCUT2D eigenvalue weighted by molar-refractivity contribution is 7.89. The third-order valence-corrected chi connectivity index (χ3v) is 10.6. The van der Waals surface area contributed by atoms with E-state index in [4.69, 9.17) is 43.1 Å². The monoisotopic (exact) mass is 735 g/mol. The number of carbonyl (C=O) groups is 1. The number of nitrogens with zero attached hydrogens (tertiary/aromatic N) is 2. The Morgan fingerprint density at radius 1 is 0.957 bits per heavy atom. The van der Waals surface area contributed by atoms with E-state index in [0.29, 0.717) is 29.3 Å². The summed E-state index contributed by atoms with van der Waals surface area (Å²) in [5.74, 6) is -0.942. The molecule has 0 unspecified atom stereocenters. The number of anilines is 2. The molecule has 254 valence electrons. The molecule has 0 amide bonds. The maximum absolute atomic E-state index is 13.2. The van der Waals surface area contributed by atoms with Crippen LogP contribution in [-0.4, -0.2) is 55.3 Å². The number of carboxylic acid groups (broad SMARTS) is 1. The summed E-state index contributed by atoms with van der Waals surface area (Å²) in [7, 11) is -3.68. The predicted molar refractivity (Wildman–Crippen MR) is 175 cm³/mol. The summed E-state index contributed by atoms with van der Waals surface area (Å²) in [5.41, 5.74) is 1.90. The summed E-state index contributed by atoms with van der Waals surface area (Å²) in [4.78, 5) is 18.4. The first kappa shape index (κ1) is 36.6. The Kier molecular flexibility index (Phi) is 12.6. The third-order valence-electron chi connectivity index (χ3n) is 7.46. The summed E-state index contributed by atoms with van der Waals surface area (Å²) < 4.78 is 73.4. The number of nitrogens with one attached hydrogen (secondary N) is 3. The van der Waals surface area contributed by atoms with Crippen LogP contribution in [0.1, 0.15) is 31.2 Å². The van der Waals surface area contributed by atoms with Crippen LogP contribution in [0, 0.1) is 17.7 Å². The first-order valence-corrected chi connectivity index (χ1v) is 17.5. The maximum atomic E-state index is 13.2. The number of benzene rings is 2. The molecule has 1 fully saturated rings. The quantitative estimate of drug-likeness (QED) is 0.116. The number of rotatable bonds is 11. The molecular weight excluding hydrogens is 705 g/mol. The van der Waals surface area contributed by atoms with Crippen molar-refractivity contribution in [1.29, 1.82) is 0 Å². The van der Waals surface area contributed by atoms with Gasteiger partial charge in [-0.15, -0.1) is 11.3 Å². The van der Waals surface area contributed by atoms with Gasteiger partial charge in [0.1, 0.15) is 20.9 Å². The average Bonchev–Trinajstić information content (AvgIpc) is 3.38. The zero-order chi connectivity index (χ0) is 34.2. The second kappa shape index (κ2) is 16.2. The summed E-state index contributed by atoms with van der Waals surface area (Å²) in [6, 6.07) is 15.8. The molecule has 5 rings (SSSR count). The van der Waals surface area contributed by atoms with Crippen molar-refractivity contribution in [2.24, 2.45) is 11.8 Å². The highest BCUT2D eigenvalue weighted by atomic mass is 35.5. The van der Waals surface area contributed by atoms with E-state index in [1.165, 1.54) is 18.2 Å². The van der Waals surface area contributed by atoms with Gasteiger partial charge in [0.15, 0.2) is 0 Å². The molecule has 0 atom stereocenters. The first-order chi connectivity index (χ1) is 22.2. The molecule has 1 saturated carbocycles. The van der Waals surface area contributed by atoms with Crippen molar-refractivity contribution in [3.8, 4) is 0 Å². The fourth-order valence-electron chi connectivity index (χ4n) is 4.96. The van der Waals surface area contributed by atoms with E-state index in [-0.39, 0.29) is 21.0 Å². The normalized spacial score (nSPS) is 16.7. The second-order valence-electron chi connectivity index (χ2n) is 10.8. The Bertz CT molecular complexity index is 1770. The number of thiophene rings is 1. The van der Waals surface area contributed by atoms with Crippen molar-refractivity contribution in [2.75, 3.05) is 30.3 Å². The van der Waals surface area contributed by atoms with Crippen LogP contribution in [0.4, 0.5) is 29.3 Å². The molecule has 0 radical (unpaired) electrons. The van der Waals surface area contributed by atoms with Gasteiger partial charge >= 0.3 is 12.1 Å². The SMILES string of the molecule is O=C(O)C(F)(F)F.O=S(=O)(NCC1CCC(CNc2nc(NCCc3ccc(F)cc3)c3ccccc3n2)CC1)c1cc(Cl)sc1Cl. The van der Waals surface area contributed by atoms with Gasteiger partial charge in [0.05, 0.1) is 9.85 Å². The van der Waals surface area contributed by atoms with Crippen LogP contribution in [0.15, 0.2) is 59.5 Å². The smallest absolute Gasteiger partial charge is 0.475 e. The molecule has 0 aliphatic heterocycles. The van der Waals surface area contributed by atoms with Crippen molar-refractivity contribution in [3.63, 3.8) is 0 Å². The van der Waals surface area contributed by atoms with E-state index in [0.717, 1.165) is 72.3 Å². The molecule has 0 saturated heterocycles. The Hall–Kier alpha value is -3.24. The van der Waals surface area contributed by atoms with Crippen LogP contribution < -0.4 is 15.4 Å². The summed E-state index contributed by atoms with van der Waals surface area (Å²) in [6.45, 7) is 1.79. The van der Waals surface area contributed by atoms with E-state index in [2.05, 4.69) is 15.4 Å². The van der Waals surface area contributed by atoms with Crippen molar-refractivity contribution < 1.29 is 35.9 Å². The summed E-state index contributed by atoms with van der Waals surface area (Å²) >= 11 is 13.0. The van der Waals surface area contributed by atoms with Crippen molar-refractivity contribution in [3.05, 3.63) is 74.7 Å². The number of alkyl halides is 3. The van der Waals surface area contributed by atoms with Crippen LogP contribution in [0.3, 0.4) is 0 Å². The van der Waals surface area contributed by atoms with Gasteiger partial charge in [-0.05, 0) is 79.8 Å². The lowest BCUT2D eigenvalue weighted by molar-refractivity contribution is -0.192. The van der Waals surface area contributed by atoms with Crippen LogP contribution in [-0.2, 0) is 21.2 Å². The van der Waals surface area contributed by atoms with Crippen LogP contribution in [0.2, 0.25) is 8.67 Å². The van der Waals surface area contributed by atoms with E-state index in [1.54, 1.807) is 12.1 Å². The van der Waals surface area contributed by atoms with Gasteiger partial charge in [0, 0.05) is 25.0 Å². The molecule has 9 nitrogen and oxygen atoms in total. The third kappa shape index (κ3) is 10.9. The lowest BCUT2D eigenvalue weighted by atomic mass is 9.82. The lowest BCUT2D eigenvalue weighted by Crippen LogP contribution is -2.32. The molecule has 2 aromatic heterocycles. The fourth-order valence-corrected chi connectivity index (χ4v) is 8.22. The van der Waals surface area contributed by atoms with Gasteiger partial charge in [0.2, 0.25) is 16.0 Å². The van der Waals surface area contributed by atoms with Crippen molar-refractivity contribution in [1.82, 2.24) is 14.7 Å². The Labute approximate surface area is 282 Å². The number of sulfonamides is 1.